The molecule has 0 spiro atoms. The van der Waals surface area contributed by atoms with Gasteiger partial charge in [0, 0.05) is 17.5 Å². The molecule has 6 nitrogen and oxygen atoms in total. The van der Waals surface area contributed by atoms with Gasteiger partial charge in [-0.1, -0.05) is 11.3 Å². The molecule has 0 aliphatic carbocycles. The lowest BCUT2D eigenvalue weighted by atomic mass is 10.1. The van der Waals surface area contributed by atoms with E-state index in [1.165, 1.54) is 6.07 Å². The van der Waals surface area contributed by atoms with Crippen LogP contribution in [0.15, 0.2) is 11.4 Å². The molecule has 0 aromatic carbocycles. The van der Waals surface area contributed by atoms with Crippen LogP contribution < -0.4 is 5.73 Å². The lowest BCUT2D eigenvalue weighted by Crippen LogP contribution is -2.16. The van der Waals surface area contributed by atoms with Crippen LogP contribution in [0, 0.1) is 10.1 Å². The molecule has 2 N–H and O–H groups in total. The van der Waals surface area contributed by atoms with E-state index in [-0.39, 0.29) is 23.8 Å². The Kier molecular flexibility index (Phi) is 6.71. The van der Waals surface area contributed by atoms with Gasteiger partial charge in [-0.05, 0) is 12.5 Å². The summed E-state index contributed by atoms with van der Waals surface area (Å²) in [7, 11) is 0. The van der Waals surface area contributed by atoms with Crippen molar-refractivity contribution < 1.29 is 14.5 Å². The second kappa shape index (κ2) is 7.21. The fraction of sp³-hybridized carbons (Fsp3) is 0.444. The summed E-state index contributed by atoms with van der Waals surface area (Å²) >= 11 is 0.995. The van der Waals surface area contributed by atoms with Crippen molar-refractivity contribution in [1.82, 2.24) is 0 Å². The number of nitrogens with zero attached hydrogens (tertiary/aromatic N) is 1. The van der Waals surface area contributed by atoms with Crippen molar-refractivity contribution in [1.29, 1.82) is 0 Å². The first kappa shape index (κ1) is 15.8. The SMILES string of the molecule is CCOC(=O)C[C@H](N)c1csc([N+](=O)[O-])c1.Cl. The molecule has 1 heterocycles. The number of halogens is 1. The normalized spacial score (nSPS) is 11.4. The Bertz CT molecular complexity index is 396. The van der Waals surface area contributed by atoms with E-state index in [4.69, 9.17) is 10.5 Å². The van der Waals surface area contributed by atoms with E-state index in [1.54, 1.807) is 12.3 Å². The van der Waals surface area contributed by atoms with Crippen molar-refractivity contribution in [2.24, 2.45) is 5.73 Å². The van der Waals surface area contributed by atoms with Gasteiger partial charge in [0.05, 0.1) is 18.0 Å². The van der Waals surface area contributed by atoms with Crippen molar-refractivity contribution in [2.45, 2.75) is 19.4 Å². The molecule has 0 aliphatic rings. The molecule has 0 amide bonds. The number of hydrogen-bond acceptors (Lipinski definition) is 6. The van der Waals surface area contributed by atoms with Crippen molar-refractivity contribution in [3.8, 4) is 0 Å². The van der Waals surface area contributed by atoms with E-state index in [2.05, 4.69) is 0 Å². The van der Waals surface area contributed by atoms with Crippen molar-refractivity contribution >= 4 is 34.7 Å². The fourth-order valence-electron chi connectivity index (χ4n) is 1.15. The average Bonchev–Trinajstić information content (AvgIpc) is 2.66. The molecule has 0 fully saturated rings. The lowest BCUT2D eigenvalue weighted by molar-refractivity contribution is -0.380. The van der Waals surface area contributed by atoms with Gasteiger partial charge in [0.1, 0.15) is 0 Å². The average molecular weight is 281 g/mol. The second-order valence-electron chi connectivity index (χ2n) is 3.09. The van der Waals surface area contributed by atoms with Crippen LogP contribution in [0.5, 0.6) is 0 Å². The predicted octanol–water partition coefficient (Wildman–Crippen LogP) is 2.03. The van der Waals surface area contributed by atoms with Crippen LogP contribution in [0.1, 0.15) is 24.9 Å². The van der Waals surface area contributed by atoms with E-state index >= 15 is 0 Å². The molecule has 1 aromatic heterocycles. The van der Waals surface area contributed by atoms with Gasteiger partial charge >= 0.3 is 11.0 Å². The predicted molar refractivity (Wildman–Crippen MR) is 66.4 cm³/mol. The highest BCUT2D eigenvalue weighted by Crippen LogP contribution is 2.27. The number of rotatable bonds is 5. The second-order valence-corrected chi connectivity index (χ2v) is 3.98. The minimum Gasteiger partial charge on any atom is -0.466 e. The number of carbonyl (C=O) groups is 1. The topological polar surface area (TPSA) is 95.5 Å². The largest absolute Gasteiger partial charge is 0.466 e. The molecule has 8 heteroatoms. The van der Waals surface area contributed by atoms with Crippen LogP contribution in [0.2, 0.25) is 0 Å². The molecular formula is C9H13ClN2O4S. The highest BCUT2D eigenvalue weighted by molar-refractivity contribution is 7.13. The first-order valence-corrected chi connectivity index (χ1v) is 5.56. The summed E-state index contributed by atoms with van der Waals surface area (Å²) < 4.78 is 4.74. The third-order valence-electron chi connectivity index (χ3n) is 1.91. The molecule has 0 radical (unpaired) electrons. The van der Waals surface area contributed by atoms with Crippen molar-refractivity contribution in [3.05, 3.63) is 27.1 Å². The maximum absolute atomic E-state index is 11.1. The molecule has 0 bridgehead atoms. The number of carbonyl (C=O) groups excluding carboxylic acids is 1. The van der Waals surface area contributed by atoms with E-state index in [1.807, 2.05) is 0 Å². The van der Waals surface area contributed by atoms with Gasteiger partial charge in [-0.25, -0.2) is 0 Å². The van der Waals surface area contributed by atoms with Crippen LogP contribution in [-0.4, -0.2) is 17.5 Å². The summed E-state index contributed by atoms with van der Waals surface area (Å²) in [5, 5.41) is 12.1. The molecule has 1 aromatic rings. The van der Waals surface area contributed by atoms with E-state index in [9.17, 15) is 14.9 Å². The molecule has 0 saturated carbocycles. The number of nitro groups is 1. The monoisotopic (exact) mass is 280 g/mol. The smallest absolute Gasteiger partial charge is 0.324 e. The number of esters is 1. The van der Waals surface area contributed by atoms with Crippen molar-refractivity contribution in [2.75, 3.05) is 6.61 Å². The maximum atomic E-state index is 11.1. The Morgan fingerprint density at radius 1 is 1.71 bits per heavy atom. The summed E-state index contributed by atoms with van der Waals surface area (Å²) in [6, 6.07) is 0.832. The zero-order chi connectivity index (χ0) is 12.1. The van der Waals surface area contributed by atoms with Crippen LogP contribution in [0.4, 0.5) is 5.00 Å². The molecule has 1 atom stereocenters. The number of thiophene rings is 1. The zero-order valence-electron chi connectivity index (χ0n) is 9.12. The summed E-state index contributed by atoms with van der Waals surface area (Å²) in [5.74, 6) is -0.399. The lowest BCUT2D eigenvalue weighted by Gasteiger charge is -2.08. The Hall–Kier alpha value is -1.18. The number of hydrogen-bond donors (Lipinski definition) is 1. The first-order chi connectivity index (χ1) is 7.54. The molecule has 0 aliphatic heterocycles. The maximum Gasteiger partial charge on any atom is 0.324 e. The van der Waals surface area contributed by atoms with Gasteiger partial charge in [-0.2, -0.15) is 0 Å². The van der Waals surface area contributed by atoms with E-state index in [0.29, 0.717) is 12.2 Å². The fourth-order valence-corrected chi connectivity index (χ4v) is 1.94. The molecule has 96 valence electrons. The van der Waals surface area contributed by atoms with Gasteiger partial charge in [-0.3, -0.25) is 14.9 Å². The van der Waals surface area contributed by atoms with Gasteiger partial charge in [0.25, 0.3) is 0 Å². The van der Waals surface area contributed by atoms with Gasteiger partial charge in [0.15, 0.2) is 0 Å². The minimum atomic E-state index is -0.552. The van der Waals surface area contributed by atoms with Gasteiger partial charge in [0.2, 0.25) is 0 Å². The number of nitrogens with two attached hydrogens (primary N) is 1. The highest BCUT2D eigenvalue weighted by atomic mass is 35.5. The Balaban J connectivity index is 0.00000256. The Morgan fingerprint density at radius 2 is 2.35 bits per heavy atom. The van der Waals surface area contributed by atoms with Crippen LogP contribution >= 0.6 is 23.7 Å². The van der Waals surface area contributed by atoms with E-state index in [0.717, 1.165) is 11.3 Å². The highest BCUT2D eigenvalue weighted by Gasteiger charge is 2.17. The summed E-state index contributed by atoms with van der Waals surface area (Å²) in [6.07, 6.45) is 0.0295. The zero-order valence-corrected chi connectivity index (χ0v) is 10.8. The van der Waals surface area contributed by atoms with E-state index < -0.39 is 16.9 Å². The van der Waals surface area contributed by atoms with Crippen LogP contribution in [0.3, 0.4) is 0 Å². The van der Waals surface area contributed by atoms with Crippen LogP contribution in [-0.2, 0) is 9.53 Å². The number of ether oxygens (including phenoxy) is 1. The minimum absolute atomic E-state index is 0. The molecule has 0 unspecified atom stereocenters. The standard InChI is InChI=1S/C9H12N2O4S.ClH/c1-2-15-9(12)4-7(10)6-3-8(11(13)14)16-5-6;/h3,5,7H,2,4,10H2,1H3;1H/t7-;/m0./s1. The third-order valence-corrected chi connectivity index (χ3v) is 2.80. The van der Waals surface area contributed by atoms with Crippen molar-refractivity contribution in [3.63, 3.8) is 0 Å². The molecule has 1 rings (SSSR count). The summed E-state index contributed by atoms with van der Waals surface area (Å²) in [6.45, 7) is 2.01. The molecule has 0 saturated heterocycles. The summed E-state index contributed by atoms with van der Waals surface area (Å²) in [5.41, 5.74) is 6.31. The van der Waals surface area contributed by atoms with Crippen LogP contribution in [0.25, 0.3) is 0 Å². The quantitative estimate of drug-likeness (QED) is 0.506. The third kappa shape index (κ3) is 4.68. The summed E-state index contributed by atoms with van der Waals surface area (Å²) in [4.78, 5) is 21.1. The van der Waals surface area contributed by atoms with Gasteiger partial charge in [-0.15, -0.1) is 12.4 Å². The van der Waals surface area contributed by atoms with Gasteiger partial charge < -0.3 is 10.5 Å². The molecular weight excluding hydrogens is 268 g/mol. The molecule has 17 heavy (non-hydrogen) atoms. The first-order valence-electron chi connectivity index (χ1n) is 4.68. The Labute approximate surface area is 108 Å². The Morgan fingerprint density at radius 3 is 2.82 bits per heavy atom.